The number of rotatable bonds is 4. The molecule has 1 N–H and O–H groups in total. The average Bonchev–Trinajstić information content (AvgIpc) is 2.84. The van der Waals surface area contributed by atoms with Crippen LogP contribution in [0.2, 0.25) is 0 Å². The van der Waals surface area contributed by atoms with Crippen LogP contribution in [0.1, 0.15) is 5.56 Å². The van der Waals surface area contributed by atoms with E-state index in [2.05, 4.69) is 15.5 Å². The number of benzene rings is 1. The van der Waals surface area contributed by atoms with Crippen LogP contribution >= 0.6 is 11.8 Å². The molecule has 6 heteroatoms. The van der Waals surface area contributed by atoms with Crippen molar-refractivity contribution in [2.45, 2.75) is 12.1 Å². The van der Waals surface area contributed by atoms with Crippen molar-refractivity contribution < 1.29 is 9.21 Å². The highest BCUT2D eigenvalue weighted by molar-refractivity contribution is 7.99. The Balaban J connectivity index is 2.08. The number of hydrogen-bond acceptors (Lipinski definition) is 5. The summed E-state index contributed by atoms with van der Waals surface area (Å²) in [5, 5.41) is 10.8. The number of hydrogen-bond donors (Lipinski definition) is 1. The number of thioether (sulfide) groups is 1. The molecular formula is C12H13N3O2S. The Morgan fingerprint density at radius 1 is 1.44 bits per heavy atom. The molecule has 0 saturated heterocycles. The van der Waals surface area contributed by atoms with Gasteiger partial charge < -0.3 is 9.73 Å². The van der Waals surface area contributed by atoms with Gasteiger partial charge in [-0.25, -0.2) is 0 Å². The molecule has 0 saturated carbocycles. The van der Waals surface area contributed by atoms with Gasteiger partial charge in [0, 0.05) is 12.6 Å². The molecule has 2 aromatic rings. The molecule has 0 unspecified atom stereocenters. The summed E-state index contributed by atoms with van der Waals surface area (Å²) in [6, 6.07) is 7.82. The molecule has 5 nitrogen and oxygen atoms in total. The quantitative estimate of drug-likeness (QED) is 0.853. The maximum absolute atomic E-state index is 11.1. The van der Waals surface area contributed by atoms with E-state index in [-0.39, 0.29) is 11.7 Å². The highest BCUT2D eigenvalue weighted by atomic mass is 32.2. The van der Waals surface area contributed by atoms with Gasteiger partial charge in [-0.05, 0) is 19.1 Å². The van der Waals surface area contributed by atoms with Crippen LogP contribution in [0.25, 0.3) is 11.5 Å². The minimum Gasteiger partial charge on any atom is -0.411 e. The number of carbonyl (C=O) groups is 1. The van der Waals surface area contributed by atoms with Crippen LogP contribution in [-0.2, 0) is 4.79 Å². The van der Waals surface area contributed by atoms with E-state index in [0.29, 0.717) is 11.1 Å². The first-order chi connectivity index (χ1) is 8.69. The maximum atomic E-state index is 11.1. The van der Waals surface area contributed by atoms with Gasteiger partial charge >= 0.3 is 0 Å². The van der Waals surface area contributed by atoms with Crippen molar-refractivity contribution in [3.05, 3.63) is 29.8 Å². The molecular weight excluding hydrogens is 250 g/mol. The van der Waals surface area contributed by atoms with Gasteiger partial charge in [-0.2, -0.15) is 0 Å². The largest absolute Gasteiger partial charge is 0.411 e. The molecule has 1 aromatic carbocycles. The Labute approximate surface area is 109 Å². The third-order valence-electron chi connectivity index (χ3n) is 2.28. The normalized spacial score (nSPS) is 10.3. The van der Waals surface area contributed by atoms with E-state index in [4.69, 9.17) is 4.42 Å². The summed E-state index contributed by atoms with van der Waals surface area (Å²) in [6.07, 6.45) is 0. The van der Waals surface area contributed by atoms with Crippen LogP contribution in [0, 0.1) is 6.92 Å². The van der Waals surface area contributed by atoms with Crippen LogP contribution < -0.4 is 5.32 Å². The summed E-state index contributed by atoms with van der Waals surface area (Å²) in [5.74, 6) is 0.666. The molecule has 1 aromatic heterocycles. The zero-order valence-corrected chi connectivity index (χ0v) is 11.0. The van der Waals surface area contributed by atoms with Gasteiger partial charge in [0.05, 0.1) is 5.75 Å². The first-order valence-electron chi connectivity index (χ1n) is 5.43. The van der Waals surface area contributed by atoms with E-state index in [0.717, 1.165) is 11.1 Å². The topological polar surface area (TPSA) is 68.0 Å². The van der Waals surface area contributed by atoms with Crippen molar-refractivity contribution in [3.63, 3.8) is 0 Å². The molecule has 0 aliphatic heterocycles. The number of carbonyl (C=O) groups excluding carboxylic acids is 1. The Bertz CT molecular complexity index is 554. The SMILES string of the molecule is CNC(=O)CSc1nnc(-c2cccc(C)c2)o1. The molecule has 0 atom stereocenters. The summed E-state index contributed by atoms with van der Waals surface area (Å²) in [7, 11) is 1.59. The molecule has 0 spiro atoms. The standard InChI is InChI=1S/C12H13N3O2S/c1-8-4-3-5-9(6-8)11-14-15-12(17-11)18-7-10(16)13-2/h3-6H,7H2,1-2H3,(H,13,16). The summed E-state index contributed by atoms with van der Waals surface area (Å²) in [6.45, 7) is 2.00. The van der Waals surface area contributed by atoms with Gasteiger partial charge in [-0.15, -0.1) is 10.2 Å². The second-order valence-corrected chi connectivity index (χ2v) is 4.63. The lowest BCUT2D eigenvalue weighted by atomic mass is 10.1. The van der Waals surface area contributed by atoms with Crippen molar-refractivity contribution in [1.82, 2.24) is 15.5 Å². The first-order valence-corrected chi connectivity index (χ1v) is 6.41. The van der Waals surface area contributed by atoms with Crippen LogP contribution in [0.4, 0.5) is 0 Å². The van der Waals surface area contributed by atoms with Gasteiger partial charge in [0.15, 0.2) is 0 Å². The lowest BCUT2D eigenvalue weighted by Crippen LogP contribution is -2.19. The Hall–Kier alpha value is -1.82. The summed E-state index contributed by atoms with van der Waals surface area (Å²) >= 11 is 1.22. The molecule has 1 heterocycles. The molecule has 94 valence electrons. The molecule has 2 rings (SSSR count). The van der Waals surface area contributed by atoms with Gasteiger partial charge in [0.25, 0.3) is 5.22 Å². The third kappa shape index (κ3) is 3.10. The minimum absolute atomic E-state index is 0.0738. The van der Waals surface area contributed by atoms with Crippen LogP contribution in [0.15, 0.2) is 33.9 Å². The fourth-order valence-corrected chi connectivity index (χ4v) is 2.00. The Kier molecular flexibility index (Phi) is 3.99. The summed E-state index contributed by atoms with van der Waals surface area (Å²) in [4.78, 5) is 11.1. The van der Waals surface area contributed by atoms with E-state index in [1.54, 1.807) is 7.05 Å². The predicted molar refractivity (Wildman–Crippen MR) is 69.3 cm³/mol. The van der Waals surface area contributed by atoms with Crippen LogP contribution in [0.3, 0.4) is 0 Å². The molecule has 1 amide bonds. The first kappa shape index (κ1) is 12.6. The third-order valence-corrected chi connectivity index (χ3v) is 3.10. The van der Waals surface area contributed by atoms with E-state index in [9.17, 15) is 4.79 Å². The number of aromatic nitrogens is 2. The van der Waals surface area contributed by atoms with E-state index < -0.39 is 0 Å². The Morgan fingerprint density at radius 2 is 2.28 bits per heavy atom. The zero-order valence-electron chi connectivity index (χ0n) is 10.1. The maximum Gasteiger partial charge on any atom is 0.277 e. The number of aryl methyl sites for hydroxylation is 1. The van der Waals surface area contributed by atoms with Gasteiger partial charge in [0.2, 0.25) is 11.8 Å². The van der Waals surface area contributed by atoms with Gasteiger partial charge in [0.1, 0.15) is 0 Å². The van der Waals surface area contributed by atoms with Gasteiger partial charge in [-0.3, -0.25) is 4.79 Å². The smallest absolute Gasteiger partial charge is 0.277 e. The van der Waals surface area contributed by atoms with Gasteiger partial charge in [-0.1, -0.05) is 29.5 Å². The highest BCUT2D eigenvalue weighted by Crippen LogP contribution is 2.23. The van der Waals surface area contributed by atoms with Crippen LogP contribution in [0.5, 0.6) is 0 Å². The van der Waals surface area contributed by atoms with Crippen molar-refractivity contribution in [2.75, 3.05) is 12.8 Å². The molecule has 0 fully saturated rings. The fourth-order valence-electron chi connectivity index (χ4n) is 1.36. The van der Waals surface area contributed by atoms with Crippen molar-refractivity contribution in [1.29, 1.82) is 0 Å². The van der Waals surface area contributed by atoms with Crippen LogP contribution in [-0.4, -0.2) is 28.9 Å². The van der Waals surface area contributed by atoms with E-state index in [1.807, 2.05) is 31.2 Å². The molecule has 0 aliphatic rings. The number of nitrogens with one attached hydrogen (secondary N) is 1. The van der Waals surface area contributed by atoms with Crippen molar-refractivity contribution in [3.8, 4) is 11.5 Å². The van der Waals surface area contributed by atoms with E-state index in [1.165, 1.54) is 11.8 Å². The lowest BCUT2D eigenvalue weighted by molar-refractivity contribution is -0.118. The second-order valence-electron chi connectivity index (χ2n) is 3.70. The Morgan fingerprint density at radius 3 is 3.00 bits per heavy atom. The number of nitrogens with zero attached hydrogens (tertiary/aromatic N) is 2. The molecule has 0 bridgehead atoms. The molecule has 0 radical (unpaired) electrons. The highest BCUT2D eigenvalue weighted by Gasteiger charge is 2.10. The zero-order chi connectivity index (χ0) is 13.0. The summed E-state index contributed by atoms with van der Waals surface area (Å²) in [5.41, 5.74) is 2.01. The van der Waals surface area contributed by atoms with Crippen molar-refractivity contribution in [2.24, 2.45) is 0 Å². The lowest BCUT2D eigenvalue weighted by Gasteiger charge is -1.96. The number of amides is 1. The van der Waals surface area contributed by atoms with Crippen molar-refractivity contribution >= 4 is 17.7 Å². The molecule has 18 heavy (non-hydrogen) atoms. The summed E-state index contributed by atoms with van der Waals surface area (Å²) < 4.78 is 5.48. The predicted octanol–water partition coefficient (Wildman–Crippen LogP) is 1.88. The minimum atomic E-state index is -0.0738. The van der Waals surface area contributed by atoms with E-state index >= 15 is 0 Å². The molecule has 0 aliphatic carbocycles. The fraction of sp³-hybridized carbons (Fsp3) is 0.250. The second kappa shape index (κ2) is 5.68. The monoisotopic (exact) mass is 263 g/mol. The average molecular weight is 263 g/mol.